The minimum Gasteiger partial charge on any atom is -0.496 e. The Balaban J connectivity index is 2.01. The van der Waals surface area contributed by atoms with E-state index in [0.717, 1.165) is 29.4 Å². The van der Waals surface area contributed by atoms with Crippen LogP contribution in [0.2, 0.25) is 0 Å². The van der Waals surface area contributed by atoms with Gasteiger partial charge in [0.15, 0.2) is 0 Å². The second-order valence-corrected chi connectivity index (χ2v) is 19.5. The van der Waals surface area contributed by atoms with Gasteiger partial charge in [-0.3, -0.25) is 0 Å². The van der Waals surface area contributed by atoms with Gasteiger partial charge in [-0.05, 0) is 209 Å². The zero-order valence-corrected chi connectivity index (χ0v) is 35.3. The van der Waals surface area contributed by atoms with E-state index in [0.29, 0.717) is 11.3 Å². The highest BCUT2D eigenvalue weighted by molar-refractivity contribution is 7.74. The van der Waals surface area contributed by atoms with Crippen molar-refractivity contribution in [2.75, 3.05) is 28.4 Å². The quantitative estimate of drug-likeness (QED) is 0.129. The fourth-order valence-corrected chi connectivity index (χ4v) is 15.4. The summed E-state index contributed by atoms with van der Waals surface area (Å²) in [6.07, 6.45) is 1.05. The molecule has 0 bridgehead atoms. The average Bonchev–Trinajstić information content (AvgIpc) is 3.04. The molecule has 0 saturated carbocycles. The molecule has 0 N–H and O–H groups in total. The summed E-state index contributed by atoms with van der Waals surface area (Å²) < 4.78 is 23.4. The molecule has 4 aromatic carbocycles. The lowest BCUT2D eigenvalue weighted by molar-refractivity contribution is 0.302. The molecule has 0 fully saturated rings. The van der Waals surface area contributed by atoms with Crippen molar-refractivity contribution >= 4 is 37.1 Å². The zero-order chi connectivity index (χ0) is 37.2. The van der Waals surface area contributed by atoms with E-state index in [1.165, 1.54) is 65.7 Å². The summed E-state index contributed by atoms with van der Waals surface area (Å²) in [4.78, 5) is 0. The van der Waals surface area contributed by atoms with Crippen LogP contribution in [0.3, 0.4) is 0 Å². The Bertz CT molecular complexity index is 1500. The van der Waals surface area contributed by atoms with Gasteiger partial charge in [0.1, 0.15) is 23.0 Å². The first-order valence-corrected chi connectivity index (χ1v) is 20.6. The Kier molecular flexibility index (Phi) is 12.8. The third-order valence-corrected chi connectivity index (χ3v) is 17.1. The lowest BCUT2D eigenvalue weighted by Gasteiger charge is -2.48. The largest absolute Gasteiger partial charge is 0.496 e. The van der Waals surface area contributed by atoms with E-state index in [2.05, 4.69) is 132 Å². The van der Waals surface area contributed by atoms with Crippen molar-refractivity contribution in [1.82, 2.24) is 0 Å². The predicted molar refractivity (Wildman–Crippen MR) is 220 cm³/mol. The Morgan fingerprint density at radius 2 is 0.620 bits per heavy atom. The van der Waals surface area contributed by atoms with Gasteiger partial charge in [0.05, 0.1) is 28.4 Å². The van der Waals surface area contributed by atoms with E-state index in [9.17, 15) is 0 Å². The first-order chi connectivity index (χ1) is 23.6. The molecule has 0 radical (unpaired) electrons. The van der Waals surface area contributed by atoms with Gasteiger partial charge < -0.3 is 18.9 Å². The number of aryl methyl sites for hydroxylation is 8. The van der Waals surface area contributed by atoms with Crippen LogP contribution in [0, 0.1) is 60.8 Å². The van der Waals surface area contributed by atoms with Gasteiger partial charge >= 0.3 is 0 Å². The van der Waals surface area contributed by atoms with E-state index in [4.69, 9.17) is 18.9 Å². The third kappa shape index (κ3) is 7.45. The molecule has 0 aliphatic carbocycles. The summed E-state index contributed by atoms with van der Waals surface area (Å²) in [5, 5.41) is 5.60. The summed E-state index contributed by atoms with van der Waals surface area (Å²) in [6, 6.07) is 19.1. The molecule has 0 amide bonds. The molecule has 50 heavy (non-hydrogen) atoms. The standard InChI is InChI=1S/C44H60O4P2/c1-17-44(12,34(10)49(36-18-26(2)40(45-13)27(3)19-36)37-20-28(4)41(46-14)29(5)21-37)35(11)50(38-22-30(6)42(47-15)31(7)23-38)39-24-32(8)43(48-16)33(9)25-39/h18-25,34-35H,17H2,1-16H3. The maximum atomic E-state index is 5.85. The van der Waals surface area contributed by atoms with Crippen LogP contribution < -0.4 is 40.2 Å². The lowest BCUT2D eigenvalue weighted by Crippen LogP contribution is -2.43. The molecular formula is C44H60O4P2. The molecule has 0 aromatic heterocycles. The molecule has 0 aliphatic heterocycles. The van der Waals surface area contributed by atoms with Crippen LogP contribution in [0.25, 0.3) is 0 Å². The number of hydrogen-bond acceptors (Lipinski definition) is 4. The highest BCUT2D eigenvalue weighted by Crippen LogP contribution is 2.59. The fraction of sp³-hybridized carbons (Fsp3) is 0.455. The third-order valence-electron chi connectivity index (χ3n) is 11.2. The fourth-order valence-electron chi connectivity index (χ4n) is 8.28. The van der Waals surface area contributed by atoms with Crippen LogP contribution in [0.4, 0.5) is 0 Å². The van der Waals surface area contributed by atoms with E-state index < -0.39 is 15.8 Å². The molecule has 0 saturated heterocycles. The number of rotatable bonds is 13. The van der Waals surface area contributed by atoms with Gasteiger partial charge in [0, 0.05) is 0 Å². The van der Waals surface area contributed by atoms with Crippen LogP contribution >= 0.6 is 15.8 Å². The van der Waals surface area contributed by atoms with Gasteiger partial charge in [-0.25, -0.2) is 0 Å². The van der Waals surface area contributed by atoms with Gasteiger partial charge in [0.2, 0.25) is 0 Å². The molecule has 270 valence electrons. The topological polar surface area (TPSA) is 36.9 Å². The Morgan fingerprint density at radius 1 is 0.440 bits per heavy atom. The van der Waals surface area contributed by atoms with Crippen LogP contribution in [-0.2, 0) is 0 Å². The Labute approximate surface area is 305 Å². The molecule has 2 unspecified atom stereocenters. The monoisotopic (exact) mass is 714 g/mol. The molecule has 4 rings (SSSR count). The van der Waals surface area contributed by atoms with Crippen molar-refractivity contribution in [3.05, 3.63) is 93.0 Å². The lowest BCUT2D eigenvalue weighted by atomic mass is 9.81. The molecule has 6 heteroatoms. The molecule has 0 heterocycles. The second kappa shape index (κ2) is 16.1. The maximum Gasteiger partial charge on any atom is 0.124 e. The van der Waals surface area contributed by atoms with Crippen LogP contribution in [0.15, 0.2) is 48.5 Å². The molecule has 0 aliphatic rings. The summed E-state index contributed by atoms with van der Waals surface area (Å²) >= 11 is 0. The van der Waals surface area contributed by atoms with Crippen molar-refractivity contribution in [3.8, 4) is 23.0 Å². The average molecular weight is 715 g/mol. The number of methoxy groups -OCH3 is 4. The molecule has 0 spiro atoms. The normalized spacial score (nSPS) is 14.0. The number of benzene rings is 4. The van der Waals surface area contributed by atoms with Crippen molar-refractivity contribution in [2.24, 2.45) is 5.41 Å². The SMILES string of the molecule is CCC(C)(C(C)P(c1cc(C)c(OC)c(C)c1)c1cc(C)c(OC)c(C)c1)C(C)P(c1cc(C)c(OC)c(C)c1)c1cc(C)c(OC)c(C)c1. The van der Waals surface area contributed by atoms with Gasteiger partial charge in [-0.15, -0.1) is 0 Å². The summed E-state index contributed by atoms with van der Waals surface area (Å²) in [6.45, 7) is 27.5. The van der Waals surface area contributed by atoms with Crippen molar-refractivity contribution in [2.45, 2.75) is 101 Å². The molecule has 4 nitrogen and oxygen atoms in total. The number of ether oxygens (including phenoxy) is 4. The maximum absolute atomic E-state index is 5.85. The van der Waals surface area contributed by atoms with Gasteiger partial charge in [-0.1, -0.05) is 27.7 Å². The first kappa shape index (κ1) is 39.7. The second-order valence-electron chi connectivity index (χ2n) is 14.4. The van der Waals surface area contributed by atoms with E-state index >= 15 is 0 Å². The highest BCUT2D eigenvalue weighted by atomic mass is 31.1. The Morgan fingerprint density at radius 3 is 0.760 bits per heavy atom. The van der Waals surface area contributed by atoms with Crippen molar-refractivity contribution < 1.29 is 18.9 Å². The predicted octanol–water partition coefficient (Wildman–Crippen LogP) is 9.95. The van der Waals surface area contributed by atoms with Crippen molar-refractivity contribution in [3.63, 3.8) is 0 Å². The van der Waals surface area contributed by atoms with Gasteiger partial charge in [0.25, 0.3) is 0 Å². The van der Waals surface area contributed by atoms with Crippen molar-refractivity contribution in [1.29, 1.82) is 0 Å². The van der Waals surface area contributed by atoms with E-state index in [1.54, 1.807) is 28.4 Å². The minimum atomic E-state index is -0.782. The minimum absolute atomic E-state index is 0.0235. The van der Waals surface area contributed by atoms with Crippen LogP contribution in [-0.4, -0.2) is 39.8 Å². The first-order valence-electron chi connectivity index (χ1n) is 17.8. The van der Waals surface area contributed by atoms with E-state index in [-0.39, 0.29) is 5.41 Å². The van der Waals surface area contributed by atoms with E-state index in [1.807, 2.05) is 0 Å². The zero-order valence-electron chi connectivity index (χ0n) is 33.5. The number of hydrogen-bond donors (Lipinski definition) is 0. The summed E-state index contributed by atoms with van der Waals surface area (Å²) in [5.41, 5.74) is 10.2. The molecule has 2 atom stereocenters. The smallest absolute Gasteiger partial charge is 0.124 e. The van der Waals surface area contributed by atoms with Crippen LogP contribution in [0.5, 0.6) is 23.0 Å². The van der Waals surface area contributed by atoms with Crippen LogP contribution in [0.1, 0.15) is 78.6 Å². The molecule has 4 aromatic rings. The highest BCUT2D eigenvalue weighted by Gasteiger charge is 2.44. The summed E-state index contributed by atoms with van der Waals surface area (Å²) in [7, 11) is 5.55. The van der Waals surface area contributed by atoms with Gasteiger partial charge in [-0.2, -0.15) is 0 Å². The molecular weight excluding hydrogens is 654 g/mol. The Hall–Kier alpha value is -3.06. The summed E-state index contributed by atoms with van der Waals surface area (Å²) in [5.74, 6) is 3.90.